The maximum absolute atomic E-state index is 10.2. The first-order chi connectivity index (χ1) is 6.99. The minimum atomic E-state index is -2.39. The van der Waals surface area contributed by atoms with E-state index in [-0.39, 0.29) is 13.0 Å². The Hall–Kier alpha value is -0.0900. The van der Waals surface area contributed by atoms with Gasteiger partial charge in [-0.2, -0.15) is 4.21 Å². The predicted octanol–water partition coefficient (Wildman–Crippen LogP) is -2.18. The van der Waals surface area contributed by atoms with Crippen molar-refractivity contribution < 1.29 is 28.3 Å². The quantitative estimate of drug-likeness (QED) is 0.306. The molecule has 0 amide bonds. The van der Waals surface area contributed by atoms with E-state index < -0.39 is 42.6 Å². The Kier molecular flexibility index (Phi) is 7.18. The fraction of sp³-hybridized carbons (Fsp3) is 1.00. The summed E-state index contributed by atoms with van der Waals surface area (Å²) >= 11 is -2.39. The number of nitrogens with two attached hydrogens (primary N) is 1. The Bertz CT molecular complexity index is 190. The number of hydrogen-bond donors (Lipinski definition) is 5. The Labute approximate surface area is 90.4 Å². The Morgan fingerprint density at radius 2 is 1.73 bits per heavy atom. The van der Waals surface area contributed by atoms with Gasteiger partial charge in [0.05, 0.1) is 26.4 Å². The maximum Gasteiger partial charge on any atom is 0.301 e. The third kappa shape index (κ3) is 5.52. The van der Waals surface area contributed by atoms with Gasteiger partial charge in [-0.1, -0.05) is 0 Å². The van der Waals surface area contributed by atoms with Crippen molar-refractivity contribution in [3.63, 3.8) is 0 Å². The lowest BCUT2D eigenvalue weighted by atomic mass is 9.84. The molecule has 0 aliphatic carbocycles. The van der Waals surface area contributed by atoms with Crippen LogP contribution in [0.2, 0.25) is 0 Å². The van der Waals surface area contributed by atoms with Crippen molar-refractivity contribution in [1.29, 1.82) is 0 Å². The number of aliphatic hydroxyl groups excluding tert-OH is 3. The van der Waals surface area contributed by atoms with Gasteiger partial charge in [0.25, 0.3) is 0 Å². The van der Waals surface area contributed by atoms with E-state index in [0.29, 0.717) is 0 Å². The second-order valence-electron chi connectivity index (χ2n) is 3.44. The molecule has 0 aliphatic rings. The third-order valence-corrected chi connectivity index (χ3v) is 2.42. The SMILES string of the molecule is NC(COS(=O)O)CC(CO)(CO)CO. The van der Waals surface area contributed by atoms with Crippen LogP contribution in [0.5, 0.6) is 0 Å². The van der Waals surface area contributed by atoms with Gasteiger partial charge >= 0.3 is 11.4 Å². The minimum Gasteiger partial charge on any atom is -0.396 e. The van der Waals surface area contributed by atoms with Crippen LogP contribution >= 0.6 is 0 Å². The number of hydrogen-bond acceptors (Lipinski definition) is 6. The van der Waals surface area contributed by atoms with Crippen LogP contribution in [-0.2, 0) is 15.5 Å². The first kappa shape index (κ1) is 14.9. The topological polar surface area (TPSA) is 133 Å². The van der Waals surface area contributed by atoms with Crippen molar-refractivity contribution in [3.05, 3.63) is 0 Å². The van der Waals surface area contributed by atoms with Gasteiger partial charge in [-0.05, 0) is 6.42 Å². The number of rotatable bonds is 8. The molecule has 6 N–H and O–H groups in total. The summed E-state index contributed by atoms with van der Waals surface area (Å²) < 4.78 is 22.8. The fourth-order valence-corrected chi connectivity index (χ4v) is 1.40. The van der Waals surface area contributed by atoms with E-state index in [0.717, 1.165) is 0 Å². The maximum atomic E-state index is 10.2. The van der Waals surface area contributed by atoms with E-state index in [9.17, 15) is 4.21 Å². The molecule has 0 bridgehead atoms. The molecule has 0 fully saturated rings. The normalized spacial score (nSPS) is 16.3. The second-order valence-corrected chi connectivity index (χ2v) is 4.11. The molecule has 92 valence electrons. The van der Waals surface area contributed by atoms with Crippen LogP contribution in [0.1, 0.15) is 6.42 Å². The summed E-state index contributed by atoms with van der Waals surface area (Å²) in [6, 6.07) is -0.646. The zero-order chi connectivity index (χ0) is 11.9. The van der Waals surface area contributed by atoms with Crippen LogP contribution in [0.3, 0.4) is 0 Å². The van der Waals surface area contributed by atoms with Crippen LogP contribution < -0.4 is 5.73 Å². The zero-order valence-corrected chi connectivity index (χ0v) is 9.02. The largest absolute Gasteiger partial charge is 0.396 e. The lowest BCUT2D eigenvalue weighted by Crippen LogP contribution is -2.42. The zero-order valence-electron chi connectivity index (χ0n) is 8.20. The molecule has 0 saturated heterocycles. The van der Waals surface area contributed by atoms with Crippen LogP contribution in [0.4, 0.5) is 0 Å². The van der Waals surface area contributed by atoms with E-state index in [1.54, 1.807) is 0 Å². The summed E-state index contributed by atoms with van der Waals surface area (Å²) in [5.74, 6) is 0. The molecule has 0 saturated carbocycles. The highest BCUT2D eigenvalue weighted by atomic mass is 32.2. The molecule has 0 aliphatic heterocycles. The first-order valence-electron chi connectivity index (χ1n) is 4.32. The molecule has 2 atom stereocenters. The van der Waals surface area contributed by atoms with E-state index in [1.807, 2.05) is 0 Å². The third-order valence-electron chi connectivity index (χ3n) is 2.08. The molecular weight excluding hydrogens is 226 g/mol. The van der Waals surface area contributed by atoms with Crippen LogP contribution in [0, 0.1) is 5.41 Å². The summed E-state index contributed by atoms with van der Waals surface area (Å²) in [7, 11) is 0. The van der Waals surface area contributed by atoms with Gasteiger partial charge in [0.2, 0.25) is 0 Å². The van der Waals surface area contributed by atoms with Gasteiger partial charge in [0, 0.05) is 11.5 Å². The molecule has 0 spiro atoms. The molecule has 0 radical (unpaired) electrons. The van der Waals surface area contributed by atoms with Gasteiger partial charge in [-0.25, -0.2) is 0 Å². The Morgan fingerprint density at radius 1 is 1.27 bits per heavy atom. The molecule has 0 aromatic heterocycles. The average Bonchev–Trinajstić information content (AvgIpc) is 2.23. The van der Waals surface area contributed by atoms with E-state index in [4.69, 9.17) is 25.6 Å². The molecule has 15 heavy (non-hydrogen) atoms. The average molecular weight is 243 g/mol. The predicted molar refractivity (Wildman–Crippen MR) is 53.0 cm³/mol. The molecule has 0 aromatic carbocycles. The van der Waals surface area contributed by atoms with Crippen molar-refractivity contribution in [2.75, 3.05) is 26.4 Å². The highest BCUT2D eigenvalue weighted by Gasteiger charge is 2.30. The van der Waals surface area contributed by atoms with Gasteiger partial charge in [0.15, 0.2) is 0 Å². The van der Waals surface area contributed by atoms with E-state index in [2.05, 4.69) is 4.18 Å². The van der Waals surface area contributed by atoms with Crippen molar-refractivity contribution in [3.8, 4) is 0 Å². The molecular formula is C7H17NO6S. The van der Waals surface area contributed by atoms with Crippen molar-refractivity contribution in [2.24, 2.45) is 11.1 Å². The minimum absolute atomic E-state index is 0.0910. The smallest absolute Gasteiger partial charge is 0.301 e. The van der Waals surface area contributed by atoms with Crippen LogP contribution in [0.15, 0.2) is 0 Å². The molecule has 8 heteroatoms. The lowest BCUT2D eigenvalue weighted by Gasteiger charge is -2.29. The summed E-state index contributed by atoms with van der Waals surface area (Å²) in [4.78, 5) is 0. The summed E-state index contributed by atoms with van der Waals surface area (Å²) in [6.45, 7) is -1.45. The molecule has 0 heterocycles. The first-order valence-corrected chi connectivity index (χ1v) is 5.35. The Morgan fingerprint density at radius 3 is 2.07 bits per heavy atom. The molecule has 2 unspecified atom stereocenters. The second kappa shape index (κ2) is 7.23. The summed E-state index contributed by atoms with van der Waals surface area (Å²) in [5, 5.41) is 26.9. The lowest BCUT2D eigenvalue weighted by molar-refractivity contribution is -0.00770. The van der Waals surface area contributed by atoms with Crippen LogP contribution in [-0.4, -0.2) is 56.6 Å². The van der Waals surface area contributed by atoms with Gasteiger partial charge in [-0.15, -0.1) is 0 Å². The van der Waals surface area contributed by atoms with Gasteiger partial charge in [-0.3, -0.25) is 8.74 Å². The monoisotopic (exact) mass is 243 g/mol. The van der Waals surface area contributed by atoms with Crippen molar-refractivity contribution in [2.45, 2.75) is 12.5 Å². The highest BCUT2D eigenvalue weighted by molar-refractivity contribution is 7.74. The molecule has 0 rings (SSSR count). The van der Waals surface area contributed by atoms with Gasteiger partial charge in [0.1, 0.15) is 0 Å². The van der Waals surface area contributed by atoms with Crippen molar-refractivity contribution in [1.82, 2.24) is 0 Å². The summed E-state index contributed by atoms with van der Waals surface area (Å²) in [6.07, 6.45) is 0.0910. The molecule has 0 aromatic rings. The molecule has 7 nitrogen and oxygen atoms in total. The van der Waals surface area contributed by atoms with E-state index >= 15 is 0 Å². The fourth-order valence-electron chi connectivity index (χ4n) is 1.10. The standard InChI is InChI=1S/C7H17NO6S/c8-6(2-14-15(12)13)1-7(3-9,4-10)5-11/h6,9-11H,1-5,8H2,(H,12,13). The Balaban J connectivity index is 4.10. The van der Waals surface area contributed by atoms with E-state index in [1.165, 1.54) is 0 Å². The summed E-state index contributed by atoms with van der Waals surface area (Å²) in [5.41, 5.74) is 4.45. The highest BCUT2D eigenvalue weighted by Crippen LogP contribution is 2.21. The van der Waals surface area contributed by atoms with Crippen LogP contribution in [0.25, 0.3) is 0 Å². The number of aliphatic hydroxyl groups is 3. The van der Waals surface area contributed by atoms with Crippen molar-refractivity contribution >= 4 is 11.4 Å². The van der Waals surface area contributed by atoms with Gasteiger partial charge < -0.3 is 21.1 Å².